The molecule has 0 aliphatic carbocycles. The first-order valence-electron chi connectivity index (χ1n) is 13.7. The highest BCUT2D eigenvalue weighted by atomic mass is 16.5. The number of hydrogen-bond acceptors (Lipinski definition) is 8. The second-order valence-electron chi connectivity index (χ2n) is 10.2. The number of furan rings is 1. The monoisotopic (exact) mass is 588 g/mol. The van der Waals surface area contributed by atoms with Crippen LogP contribution in [0.4, 0.5) is 5.69 Å². The summed E-state index contributed by atoms with van der Waals surface area (Å²) in [6.07, 6.45) is 1.55. The second-order valence-corrected chi connectivity index (χ2v) is 10.2. The number of rotatable bonds is 9. The third-order valence-electron chi connectivity index (χ3n) is 7.14. The van der Waals surface area contributed by atoms with E-state index >= 15 is 0 Å². The zero-order valence-corrected chi connectivity index (χ0v) is 24.2. The molecule has 10 nitrogen and oxygen atoms in total. The molecule has 0 aliphatic rings. The van der Waals surface area contributed by atoms with E-state index < -0.39 is 5.97 Å². The number of fused-ring (bicyclic) bond motifs is 2. The van der Waals surface area contributed by atoms with Gasteiger partial charge in [0.15, 0.2) is 5.76 Å². The smallest absolute Gasteiger partial charge is 0.335 e. The first-order valence-corrected chi connectivity index (χ1v) is 13.7. The van der Waals surface area contributed by atoms with Gasteiger partial charge in [-0.05, 0) is 60.2 Å². The Hall–Kier alpha value is -5.90. The molecular formula is C34H28N4O6. The number of anilines is 1. The minimum absolute atomic E-state index is 0.196. The van der Waals surface area contributed by atoms with E-state index in [9.17, 15) is 14.7 Å². The van der Waals surface area contributed by atoms with E-state index in [4.69, 9.17) is 18.9 Å². The van der Waals surface area contributed by atoms with Crippen molar-refractivity contribution in [3.63, 3.8) is 0 Å². The van der Waals surface area contributed by atoms with E-state index in [2.05, 4.69) is 5.10 Å². The Morgan fingerprint density at radius 2 is 1.77 bits per heavy atom. The third-order valence-corrected chi connectivity index (χ3v) is 7.14. The first kappa shape index (κ1) is 28.2. The molecule has 0 aliphatic heterocycles. The molecule has 0 radical (unpaired) electrons. The van der Waals surface area contributed by atoms with E-state index in [1.807, 2.05) is 61.5 Å². The summed E-state index contributed by atoms with van der Waals surface area (Å²) in [6, 6.07) is 26.5. The number of hydrogen-bond donors (Lipinski definition) is 1. The predicted octanol–water partition coefficient (Wildman–Crippen LogP) is 6.04. The number of methoxy groups -OCH3 is 1. The summed E-state index contributed by atoms with van der Waals surface area (Å²) in [5, 5.41) is 15.0. The predicted molar refractivity (Wildman–Crippen MR) is 169 cm³/mol. The average Bonchev–Trinajstić information content (AvgIpc) is 3.48. The molecule has 0 saturated heterocycles. The molecule has 220 valence electrons. The van der Waals surface area contributed by atoms with Crippen LogP contribution in [0.2, 0.25) is 0 Å². The summed E-state index contributed by atoms with van der Waals surface area (Å²) in [6.45, 7) is 0.196. The summed E-state index contributed by atoms with van der Waals surface area (Å²) in [7, 11) is 5.43. The lowest BCUT2D eigenvalue weighted by molar-refractivity contribution is 0.0697. The SMILES string of the molecule is COc1cccc2oc(-c3nc4ccccc4c(=O)n3N=Cc3ccc(N(C)C)cc3OCc3ccc(C(=O)O)cc3)cc12. The molecule has 0 fully saturated rings. The number of ether oxygens (including phenoxy) is 2. The van der Waals surface area contributed by atoms with Crippen molar-refractivity contribution in [3.05, 3.63) is 118 Å². The van der Waals surface area contributed by atoms with Gasteiger partial charge < -0.3 is 23.9 Å². The molecule has 6 aromatic rings. The minimum Gasteiger partial charge on any atom is -0.496 e. The van der Waals surface area contributed by atoms with Gasteiger partial charge in [-0.3, -0.25) is 4.79 Å². The molecule has 0 bridgehead atoms. The zero-order chi connectivity index (χ0) is 30.8. The van der Waals surface area contributed by atoms with Gasteiger partial charge in [0.25, 0.3) is 5.56 Å². The molecule has 0 unspecified atom stereocenters. The van der Waals surface area contributed by atoms with E-state index in [0.29, 0.717) is 39.3 Å². The van der Waals surface area contributed by atoms with Crippen LogP contribution in [0.15, 0.2) is 105 Å². The number of carboxylic acid groups (broad SMARTS) is 1. The molecular weight excluding hydrogens is 560 g/mol. The van der Waals surface area contributed by atoms with Crippen molar-refractivity contribution < 1.29 is 23.8 Å². The van der Waals surface area contributed by atoms with Gasteiger partial charge in [0.2, 0.25) is 5.82 Å². The van der Waals surface area contributed by atoms with Gasteiger partial charge in [-0.2, -0.15) is 9.78 Å². The quantitative estimate of drug-likeness (QED) is 0.203. The van der Waals surface area contributed by atoms with E-state index in [0.717, 1.165) is 16.6 Å². The molecule has 6 rings (SSSR count). The Labute approximate surface area is 252 Å². The second kappa shape index (κ2) is 11.8. The highest BCUT2D eigenvalue weighted by Crippen LogP contribution is 2.33. The van der Waals surface area contributed by atoms with Crippen LogP contribution in [0, 0.1) is 0 Å². The molecule has 2 heterocycles. The summed E-state index contributed by atoms with van der Waals surface area (Å²) in [4.78, 5) is 31.7. The van der Waals surface area contributed by atoms with Crippen molar-refractivity contribution in [2.24, 2.45) is 5.10 Å². The molecule has 0 spiro atoms. The number of para-hydroxylation sites is 1. The number of nitrogens with zero attached hydrogens (tertiary/aromatic N) is 4. The van der Waals surface area contributed by atoms with Crippen LogP contribution >= 0.6 is 0 Å². The molecule has 0 atom stereocenters. The number of carboxylic acids is 1. The number of aromatic carboxylic acids is 1. The largest absolute Gasteiger partial charge is 0.496 e. The van der Waals surface area contributed by atoms with Crippen LogP contribution in [-0.4, -0.2) is 48.2 Å². The molecule has 10 heteroatoms. The van der Waals surface area contributed by atoms with Gasteiger partial charge in [-0.1, -0.05) is 30.3 Å². The Morgan fingerprint density at radius 1 is 0.977 bits per heavy atom. The maximum absolute atomic E-state index is 13.8. The summed E-state index contributed by atoms with van der Waals surface area (Å²) < 4.78 is 19.0. The number of benzene rings is 4. The molecule has 0 saturated carbocycles. The maximum atomic E-state index is 13.8. The lowest BCUT2D eigenvalue weighted by Crippen LogP contribution is -2.20. The lowest BCUT2D eigenvalue weighted by Gasteiger charge is -2.16. The summed E-state index contributed by atoms with van der Waals surface area (Å²) >= 11 is 0. The molecule has 1 N–H and O–H groups in total. The molecule has 2 aromatic heterocycles. The topological polar surface area (TPSA) is 119 Å². The Kier molecular flexibility index (Phi) is 7.55. The fourth-order valence-electron chi connectivity index (χ4n) is 4.77. The van der Waals surface area contributed by atoms with Gasteiger partial charge in [0, 0.05) is 31.4 Å². The van der Waals surface area contributed by atoms with Crippen molar-refractivity contribution in [3.8, 4) is 23.1 Å². The minimum atomic E-state index is -0.991. The van der Waals surface area contributed by atoms with Gasteiger partial charge in [0.1, 0.15) is 23.7 Å². The van der Waals surface area contributed by atoms with Gasteiger partial charge in [0.05, 0.1) is 35.2 Å². The highest BCUT2D eigenvalue weighted by molar-refractivity contribution is 5.89. The maximum Gasteiger partial charge on any atom is 0.335 e. The molecule has 0 amide bonds. The lowest BCUT2D eigenvalue weighted by atomic mass is 10.1. The van der Waals surface area contributed by atoms with Crippen molar-refractivity contribution in [1.29, 1.82) is 0 Å². The summed E-state index contributed by atoms with van der Waals surface area (Å²) in [5.41, 5.74) is 3.26. The Morgan fingerprint density at radius 3 is 2.52 bits per heavy atom. The van der Waals surface area contributed by atoms with Crippen LogP contribution in [0.5, 0.6) is 11.5 Å². The highest BCUT2D eigenvalue weighted by Gasteiger charge is 2.18. The van der Waals surface area contributed by atoms with E-state index in [1.54, 1.807) is 49.7 Å². The van der Waals surface area contributed by atoms with Crippen molar-refractivity contribution in [1.82, 2.24) is 9.66 Å². The summed E-state index contributed by atoms with van der Waals surface area (Å²) in [5.74, 6) is 0.757. The standard InChI is InChI=1S/C34H28N4O6/c1-37(2)24-16-15-23(30(17-24)43-20-21-11-13-22(14-12-21)34(40)41)19-35-38-32(36-27-8-5-4-7-25(27)33(38)39)31-18-26-28(42-3)9-6-10-29(26)44-31/h4-19H,20H2,1-3H3,(H,40,41). The normalized spacial score (nSPS) is 11.3. The van der Waals surface area contributed by atoms with Crippen LogP contribution in [0.3, 0.4) is 0 Å². The van der Waals surface area contributed by atoms with Crippen LogP contribution < -0.4 is 19.9 Å². The number of carbonyl (C=O) groups is 1. The van der Waals surface area contributed by atoms with Crippen molar-refractivity contribution >= 4 is 39.7 Å². The molecule has 44 heavy (non-hydrogen) atoms. The van der Waals surface area contributed by atoms with Gasteiger partial charge in [-0.15, -0.1) is 0 Å². The fraction of sp³-hybridized carbons (Fsp3) is 0.118. The van der Waals surface area contributed by atoms with Crippen LogP contribution in [0.1, 0.15) is 21.5 Å². The first-order chi connectivity index (χ1) is 21.3. The Bertz CT molecular complexity index is 2090. The van der Waals surface area contributed by atoms with E-state index in [1.165, 1.54) is 16.8 Å². The van der Waals surface area contributed by atoms with Crippen molar-refractivity contribution in [2.75, 3.05) is 26.1 Å². The third kappa shape index (κ3) is 5.48. The zero-order valence-electron chi connectivity index (χ0n) is 24.2. The van der Waals surface area contributed by atoms with Crippen LogP contribution in [0.25, 0.3) is 33.5 Å². The average molecular weight is 589 g/mol. The number of aromatic nitrogens is 2. The Balaban J connectivity index is 1.43. The fourth-order valence-corrected chi connectivity index (χ4v) is 4.77. The van der Waals surface area contributed by atoms with Gasteiger partial charge >= 0.3 is 5.97 Å². The van der Waals surface area contributed by atoms with Crippen LogP contribution in [-0.2, 0) is 6.61 Å². The van der Waals surface area contributed by atoms with Crippen molar-refractivity contribution in [2.45, 2.75) is 6.61 Å². The molecule has 4 aromatic carbocycles. The van der Waals surface area contributed by atoms with Gasteiger partial charge in [-0.25, -0.2) is 9.78 Å². The van der Waals surface area contributed by atoms with E-state index in [-0.39, 0.29) is 23.6 Å².